The van der Waals surface area contributed by atoms with Gasteiger partial charge in [-0.15, -0.1) is 0 Å². The van der Waals surface area contributed by atoms with Crippen molar-refractivity contribution < 1.29 is 19.4 Å². The fraction of sp³-hybridized carbons (Fsp3) is 0.286. The van der Waals surface area contributed by atoms with Gasteiger partial charge in [0.05, 0.1) is 17.7 Å². The zero-order chi connectivity index (χ0) is 13.7. The van der Waals surface area contributed by atoms with Crippen LogP contribution >= 0.6 is 0 Å². The number of hydrogen-bond acceptors (Lipinski definition) is 4. The predicted molar refractivity (Wildman–Crippen MR) is 70.7 cm³/mol. The summed E-state index contributed by atoms with van der Waals surface area (Å²) in [5.74, 6) is -0.493. The summed E-state index contributed by atoms with van der Waals surface area (Å²) >= 11 is 0. The minimum atomic E-state index is -0.961. The number of nitrogens with zero attached hydrogens (tertiary/aromatic N) is 1. The number of aromatic carboxylic acids is 1. The Morgan fingerprint density at radius 3 is 2.84 bits per heavy atom. The first-order valence-corrected chi connectivity index (χ1v) is 6.06. The normalized spacial score (nSPS) is 10.6. The van der Waals surface area contributed by atoms with Gasteiger partial charge in [0.2, 0.25) is 5.88 Å². The Morgan fingerprint density at radius 1 is 1.26 bits per heavy atom. The molecule has 0 aliphatic carbocycles. The van der Waals surface area contributed by atoms with Gasteiger partial charge < -0.3 is 14.6 Å². The minimum absolute atomic E-state index is 0.242. The summed E-state index contributed by atoms with van der Waals surface area (Å²) in [5.41, 5.74) is 0.847. The van der Waals surface area contributed by atoms with Gasteiger partial charge in [-0.25, -0.2) is 9.78 Å². The number of carboxylic acids is 1. The maximum atomic E-state index is 11.1. The van der Waals surface area contributed by atoms with Crippen molar-refractivity contribution in [3.05, 3.63) is 35.9 Å². The maximum Gasteiger partial charge on any atom is 0.336 e. The third-order valence-electron chi connectivity index (χ3n) is 2.62. The van der Waals surface area contributed by atoms with E-state index >= 15 is 0 Å². The molecule has 0 aliphatic rings. The molecule has 2 rings (SSSR count). The summed E-state index contributed by atoms with van der Waals surface area (Å²) in [6.07, 6.45) is 0. The van der Waals surface area contributed by atoms with E-state index in [0.29, 0.717) is 36.6 Å². The Balaban J connectivity index is 2.19. The van der Waals surface area contributed by atoms with E-state index in [1.165, 1.54) is 0 Å². The fourth-order valence-corrected chi connectivity index (χ4v) is 1.75. The molecule has 0 saturated carbocycles. The number of ether oxygens (including phenoxy) is 2. The van der Waals surface area contributed by atoms with E-state index in [9.17, 15) is 4.79 Å². The number of pyridine rings is 1. The second kappa shape index (κ2) is 6.15. The van der Waals surface area contributed by atoms with E-state index in [1.807, 2.05) is 6.92 Å². The van der Waals surface area contributed by atoms with Crippen LogP contribution in [0.5, 0.6) is 5.88 Å². The summed E-state index contributed by atoms with van der Waals surface area (Å²) in [4.78, 5) is 15.3. The fourth-order valence-electron chi connectivity index (χ4n) is 1.75. The van der Waals surface area contributed by atoms with Crippen LogP contribution in [0.3, 0.4) is 0 Å². The standard InChI is InChI=1S/C14H15NO4/c1-2-18-8-9-19-13-7-6-10-11(14(16)17)4-3-5-12(10)15-13/h3-7H,2,8-9H2,1H3,(H,16,17). The van der Waals surface area contributed by atoms with Crippen molar-refractivity contribution in [1.82, 2.24) is 4.98 Å². The molecule has 0 spiro atoms. The molecule has 0 aliphatic heterocycles. The number of carbonyl (C=O) groups is 1. The lowest BCUT2D eigenvalue weighted by Crippen LogP contribution is -2.07. The minimum Gasteiger partial charge on any atom is -0.478 e. The van der Waals surface area contributed by atoms with Crippen molar-refractivity contribution >= 4 is 16.9 Å². The zero-order valence-electron chi connectivity index (χ0n) is 10.6. The van der Waals surface area contributed by atoms with Crippen LogP contribution in [0.4, 0.5) is 0 Å². The van der Waals surface area contributed by atoms with Crippen molar-refractivity contribution in [3.8, 4) is 5.88 Å². The zero-order valence-corrected chi connectivity index (χ0v) is 10.6. The van der Waals surface area contributed by atoms with E-state index in [-0.39, 0.29) is 5.56 Å². The van der Waals surface area contributed by atoms with Crippen molar-refractivity contribution in [1.29, 1.82) is 0 Å². The van der Waals surface area contributed by atoms with Crippen LogP contribution in [0.2, 0.25) is 0 Å². The molecule has 0 radical (unpaired) electrons. The lowest BCUT2D eigenvalue weighted by Gasteiger charge is -2.07. The highest BCUT2D eigenvalue weighted by molar-refractivity contribution is 6.02. The molecule has 5 heteroatoms. The third-order valence-corrected chi connectivity index (χ3v) is 2.62. The maximum absolute atomic E-state index is 11.1. The average Bonchev–Trinajstić information content (AvgIpc) is 2.42. The van der Waals surface area contributed by atoms with Gasteiger partial charge in [0.1, 0.15) is 6.61 Å². The number of fused-ring (bicyclic) bond motifs is 1. The molecule has 0 amide bonds. The number of hydrogen-bond donors (Lipinski definition) is 1. The SMILES string of the molecule is CCOCCOc1ccc2c(C(=O)O)cccc2n1. The Bertz CT molecular complexity index is 583. The topological polar surface area (TPSA) is 68.7 Å². The van der Waals surface area contributed by atoms with E-state index in [4.69, 9.17) is 14.6 Å². The first kappa shape index (κ1) is 13.3. The molecule has 5 nitrogen and oxygen atoms in total. The van der Waals surface area contributed by atoms with Crippen LogP contribution in [-0.4, -0.2) is 35.9 Å². The Hall–Kier alpha value is -2.14. The molecular formula is C14H15NO4. The highest BCUT2D eigenvalue weighted by atomic mass is 16.5. The second-order valence-corrected chi connectivity index (χ2v) is 3.87. The Morgan fingerprint density at radius 2 is 2.11 bits per heavy atom. The van der Waals surface area contributed by atoms with Gasteiger partial charge in [0.25, 0.3) is 0 Å². The monoisotopic (exact) mass is 261 g/mol. The van der Waals surface area contributed by atoms with Gasteiger partial charge in [-0.3, -0.25) is 0 Å². The van der Waals surface area contributed by atoms with Crippen molar-refractivity contribution in [2.45, 2.75) is 6.92 Å². The first-order chi connectivity index (χ1) is 9.22. The molecule has 0 saturated heterocycles. The number of benzene rings is 1. The lowest BCUT2D eigenvalue weighted by molar-refractivity contribution is 0.0699. The highest BCUT2D eigenvalue weighted by Crippen LogP contribution is 2.20. The molecule has 1 aromatic heterocycles. The van der Waals surface area contributed by atoms with E-state index < -0.39 is 5.97 Å². The quantitative estimate of drug-likeness (QED) is 0.808. The van der Waals surface area contributed by atoms with Gasteiger partial charge in [0, 0.05) is 18.1 Å². The number of carboxylic acid groups (broad SMARTS) is 1. The lowest BCUT2D eigenvalue weighted by atomic mass is 10.1. The van der Waals surface area contributed by atoms with Gasteiger partial charge >= 0.3 is 5.97 Å². The average molecular weight is 261 g/mol. The molecule has 1 aromatic carbocycles. The molecule has 19 heavy (non-hydrogen) atoms. The van der Waals surface area contributed by atoms with Crippen molar-refractivity contribution in [3.63, 3.8) is 0 Å². The molecule has 1 N–H and O–H groups in total. The van der Waals surface area contributed by atoms with Crippen molar-refractivity contribution in [2.24, 2.45) is 0 Å². The second-order valence-electron chi connectivity index (χ2n) is 3.87. The van der Waals surface area contributed by atoms with Crippen LogP contribution < -0.4 is 4.74 Å². The van der Waals surface area contributed by atoms with Crippen LogP contribution in [0.25, 0.3) is 10.9 Å². The molecule has 0 atom stereocenters. The van der Waals surface area contributed by atoms with Crippen LogP contribution in [0.15, 0.2) is 30.3 Å². The first-order valence-electron chi connectivity index (χ1n) is 6.06. The van der Waals surface area contributed by atoms with Gasteiger partial charge in [-0.1, -0.05) is 6.07 Å². The largest absolute Gasteiger partial charge is 0.478 e. The van der Waals surface area contributed by atoms with E-state index in [2.05, 4.69) is 4.98 Å². The highest BCUT2D eigenvalue weighted by Gasteiger charge is 2.09. The summed E-state index contributed by atoms with van der Waals surface area (Å²) in [6.45, 7) is 3.49. The third kappa shape index (κ3) is 3.20. The molecule has 2 aromatic rings. The Kier molecular flexibility index (Phi) is 4.30. The number of aromatic nitrogens is 1. The summed E-state index contributed by atoms with van der Waals surface area (Å²) < 4.78 is 10.6. The van der Waals surface area contributed by atoms with Gasteiger partial charge in [-0.05, 0) is 25.1 Å². The van der Waals surface area contributed by atoms with Crippen LogP contribution in [-0.2, 0) is 4.74 Å². The van der Waals surface area contributed by atoms with Gasteiger partial charge in [-0.2, -0.15) is 0 Å². The molecular weight excluding hydrogens is 246 g/mol. The van der Waals surface area contributed by atoms with E-state index in [0.717, 1.165) is 0 Å². The smallest absolute Gasteiger partial charge is 0.336 e. The molecule has 0 unspecified atom stereocenters. The summed E-state index contributed by atoms with van der Waals surface area (Å²) in [6, 6.07) is 8.37. The molecule has 1 heterocycles. The Labute approximate surface area is 110 Å². The van der Waals surface area contributed by atoms with Crippen molar-refractivity contribution in [2.75, 3.05) is 19.8 Å². The van der Waals surface area contributed by atoms with Crippen LogP contribution in [0.1, 0.15) is 17.3 Å². The molecule has 0 bridgehead atoms. The number of rotatable bonds is 6. The van der Waals surface area contributed by atoms with E-state index in [1.54, 1.807) is 30.3 Å². The predicted octanol–water partition coefficient (Wildman–Crippen LogP) is 2.35. The summed E-state index contributed by atoms with van der Waals surface area (Å²) in [5, 5.41) is 9.68. The summed E-state index contributed by atoms with van der Waals surface area (Å²) in [7, 11) is 0. The van der Waals surface area contributed by atoms with Crippen LogP contribution in [0, 0.1) is 0 Å². The molecule has 0 fully saturated rings. The molecule has 100 valence electrons. The van der Waals surface area contributed by atoms with Gasteiger partial charge in [0.15, 0.2) is 0 Å².